The van der Waals surface area contributed by atoms with Crippen molar-refractivity contribution in [3.8, 4) is 0 Å². The third-order valence-electron chi connectivity index (χ3n) is 5.35. The van der Waals surface area contributed by atoms with Crippen LogP contribution in [0.4, 0.5) is 19.0 Å². The predicted molar refractivity (Wildman–Crippen MR) is 116 cm³/mol. The number of aromatic nitrogens is 3. The molecule has 3 heterocycles. The van der Waals surface area contributed by atoms with Gasteiger partial charge in [0.25, 0.3) is 5.91 Å². The number of amides is 2. The van der Waals surface area contributed by atoms with Crippen molar-refractivity contribution in [1.82, 2.24) is 25.0 Å². The predicted octanol–water partition coefficient (Wildman–Crippen LogP) is 3.04. The maximum Gasteiger partial charge on any atom is 0.405 e. The topological polar surface area (TPSA) is 92.2 Å². The molecule has 0 spiro atoms. The van der Waals surface area contributed by atoms with Gasteiger partial charge in [0, 0.05) is 43.2 Å². The number of hydrogen-bond donors (Lipinski definition) is 2. The number of nitrogens with zero attached hydrogens (tertiary/aromatic N) is 4. The maximum absolute atomic E-state index is 12.8. The van der Waals surface area contributed by atoms with Gasteiger partial charge in [-0.2, -0.15) is 18.3 Å². The van der Waals surface area contributed by atoms with E-state index in [1.807, 2.05) is 5.32 Å². The van der Waals surface area contributed by atoms with Crippen LogP contribution in [0.3, 0.4) is 0 Å². The van der Waals surface area contributed by atoms with E-state index in [0.717, 1.165) is 0 Å². The Labute approximate surface area is 191 Å². The minimum absolute atomic E-state index is 0.124. The van der Waals surface area contributed by atoms with E-state index in [2.05, 4.69) is 15.4 Å². The molecule has 8 nitrogen and oxygen atoms in total. The second kappa shape index (κ2) is 8.89. The lowest BCUT2D eigenvalue weighted by Crippen LogP contribution is -2.48. The fraction of sp³-hybridized carbons (Fsp3) is 0.333. The maximum atomic E-state index is 12.8. The molecule has 1 aliphatic rings. The Hall–Kier alpha value is -3.34. The molecule has 174 valence electrons. The van der Waals surface area contributed by atoms with E-state index in [9.17, 15) is 22.8 Å². The molecule has 0 unspecified atom stereocenters. The van der Waals surface area contributed by atoms with Gasteiger partial charge >= 0.3 is 6.18 Å². The highest BCUT2D eigenvalue weighted by atomic mass is 35.5. The number of hydrogen-bond acceptors (Lipinski definition) is 5. The zero-order valence-electron chi connectivity index (χ0n) is 17.5. The van der Waals surface area contributed by atoms with E-state index in [-0.39, 0.29) is 18.4 Å². The van der Waals surface area contributed by atoms with Crippen LogP contribution in [0.2, 0.25) is 5.02 Å². The number of fused-ring (bicyclic) bond motifs is 1. The lowest BCUT2D eigenvalue weighted by atomic mass is 9.93. The zero-order chi connectivity index (χ0) is 23.8. The Morgan fingerprint density at radius 2 is 2.00 bits per heavy atom. The molecule has 1 aromatic carbocycles. The number of benzene rings is 1. The molecule has 0 aliphatic carbocycles. The Bertz CT molecular complexity index is 1210. The second-order valence-corrected chi connectivity index (χ2v) is 8.06. The molecule has 2 amide bonds. The van der Waals surface area contributed by atoms with Crippen molar-refractivity contribution in [1.29, 1.82) is 0 Å². The van der Waals surface area contributed by atoms with Gasteiger partial charge in [-0.05, 0) is 24.3 Å². The minimum Gasteiger partial charge on any atom is -0.373 e. The van der Waals surface area contributed by atoms with Gasteiger partial charge < -0.3 is 15.5 Å². The second-order valence-electron chi connectivity index (χ2n) is 7.66. The van der Waals surface area contributed by atoms with Gasteiger partial charge in [0.15, 0.2) is 0 Å². The van der Waals surface area contributed by atoms with E-state index < -0.39 is 18.6 Å². The van der Waals surface area contributed by atoms with Crippen LogP contribution in [0, 0.1) is 0 Å². The highest BCUT2D eigenvalue weighted by Crippen LogP contribution is 2.36. The SMILES string of the molecule is CNc1cc(C(=O)N2CC(c3nn(CC(=O)NCC(F)(F)F)c4cccc(Cl)c34)C2)ccn1. The highest BCUT2D eigenvalue weighted by molar-refractivity contribution is 6.35. The van der Waals surface area contributed by atoms with Crippen molar-refractivity contribution in [2.75, 3.05) is 32.0 Å². The first-order valence-electron chi connectivity index (χ1n) is 10.1. The van der Waals surface area contributed by atoms with Crippen molar-refractivity contribution >= 4 is 40.1 Å². The molecule has 1 aliphatic heterocycles. The van der Waals surface area contributed by atoms with Gasteiger partial charge in [-0.1, -0.05) is 17.7 Å². The number of rotatable bonds is 6. The molecule has 1 fully saturated rings. The smallest absolute Gasteiger partial charge is 0.373 e. The summed E-state index contributed by atoms with van der Waals surface area (Å²) in [5, 5.41) is 10.3. The highest BCUT2D eigenvalue weighted by Gasteiger charge is 2.36. The molecular weight excluding hydrogens is 461 g/mol. The van der Waals surface area contributed by atoms with E-state index >= 15 is 0 Å². The van der Waals surface area contributed by atoms with Gasteiger partial charge in [0.2, 0.25) is 5.91 Å². The molecule has 3 aromatic rings. The minimum atomic E-state index is -4.50. The number of carbonyl (C=O) groups is 2. The number of likely N-dealkylation sites (tertiary alicyclic amines) is 1. The van der Waals surface area contributed by atoms with E-state index in [1.165, 1.54) is 4.68 Å². The summed E-state index contributed by atoms with van der Waals surface area (Å²) in [7, 11) is 1.71. The molecule has 2 aromatic heterocycles. The van der Waals surface area contributed by atoms with Crippen LogP contribution in [0.25, 0.3) is 10.9 Å². The number of carbonyl (C=O) groups excluding carboxylic acids is 2. The third-order valence-corrected chi connectivity index (χ3v) is 5.67. The van der Waals surface area contributed by atoms with Crippen molar-refractivity contribution in [3.63, 3.8) is 0 Å². The number of alkyl halides is 3. The molecule has 33 heavy (non-hydrogen) atoms. The third kappa shape index (κ3) is 4.87. The summed E-state index contributed by atoms with van der Waals surface area (Å²) >= 11 is 6.39. The quantitative estimate of drug-likeness (QED) is 0.566. The first kappa shape index (κ1) is 22.8. The number of anilines is 1. The molecule has 0 atom stereocenters. The van der Waals surface area contributed by atoms with Crippen molar-refractivity contribution in [3.05, 3.63) is 52.8 Å². The van der Waals surface area contributed by atoms with E-state index in [1.54, 1.807) is 48.5 Å². The summed E-state index contributed by atoms with van der Waals surface area (Å²) in [6.45, 7) is -1.00. The molecule has 12 heteroatoms. The van der Waals surface area contributed by atoms with Crippen LogP contribution < -0.4 is 10.6 Å². The fourth-order valence-electron chi connectivity index (χ4n) is 3.71. The lowest BCUT2D eigenvalue weighted by Gasteiger charge is -2.38. The van der Waals surface area contributed by atoms with Gasteiger partial charge in [-0.25, -0.2) is 4.98 Å². The largest absolute Gasteiger partial charge is 0.405 e. The average Bonchev–Trinajstić information content (AvgIpc) is 3.10. The zero-order valence-corrected chi connectivity index (χ0v) is 18.2. The molecule has 4 rings (SSSR count). The van der Waals surface area contributed by atoms with Gasteiger partial charge in [0.05, 0.1) is 16.2 Å². The standard InChI is InChI=1S/C21H20ClF3N6O2/c1-26-16-7-12(5-6-27-16)20(33)30-8-13(9-30)19-18-14(22)3-2-4-15(18)31(29-19)10-17(32)28-11-21(23,24)25/h2-7,13H,8-11H2,1H3,(H,26,27)(H,28,32). The van der Waals surface area contributed by atoms with Crippen molar-refractivity contribution < 1.29 is 22.8 Å². The van der Waals surface area contributed by atoms with Crippen LogP contribution in [0.1, 0.15) is 22.0 Å². The number of halogens is 4. The summed E-state index contributed by atoms with van der Waals surface area (Å²) in [4.78, 5) is 30.6. The Kier molecular flexibility index (Phi) is 6.15. The normalized spacial score (nSPS) is 14.3. The summed E-state index contributed by atoms with van der Waals surface area (Å²) in [5.74, 6) is -0.502. The van der Waals surface area contributed by atoms with E-state index in [0.29, 0.717) is 46.1 Å². The number of nitrogens with one attached hydrogen (secondary N) is 2. The van der Waals surface area contributed by atoms with Crippen LogP contribution in [0.5, 0.6) is 0 Å². The van der Waals surface area contributed by atoms with Crippen LogP contribution in [0.15, 0.2) is 36.5 Å². The summed E-state index contributed by atoms with van der Waals surface area (Å²) in [6, 6.07) is 8.36. The summed E-state index contributed by atoms with van der Waals surface area (Å²) in [5.41, 5.74) is 1.65. The molecule has 2 N–H and O–H groups in total. The molecular formula is C21H20ClF3N6O2. The van der Waals surface area contributed by atoms with E-state index in [4.69, 9.17) is 11.6 Å². The Morgan fingerprint density at radius 3 is 2.70 bits per heavy atom. The lowest BCUT2D eigenvalue weighted by molar-refractivity contribution is -0.138. The van der Waals surface area contributed by atoms with Crippen molar-refractivity contribution in [2.24, 2.45) is 0 Å². The number of pyridine rings is 1. The Morgan fingerprint density at radius 1 is 1.24 bits per heavy atom. The van der Waals surface area contributed by atoms with Gasteiger partial charge in [-0.15, -0.1) is 0 Å². The fourth-order valence-corrected chi connectivity index (χ4v) is 3.98. The first-order chi connectivity index (χ1) is 15.7. The molecule has 0 bridgehead atoms. The van der Waals surface area contributed by atoms with Crippen LogP contribution in [-0.2, 0) is 11.3 Å². The summed E-state index contributed by atoms with van der Waals surface area (Å²) in [6.07, 6.45) is -2.95. The summed E-state index contributed by atoms with van der Waals surface area (Å²) < 4.78 is 38.5. The van der Waals surface area contributed by atoms with Gasteiger partial charge in [0.1, 0.15) is 18.9 Å². The molecule has 0 radical (unpaired) electrons. The van der Waals surface area contributed by atoms with Crippen LogP contribution >= 0.6 is 11.6 Å². The van der Waals surface area contributed by atoms with Crippen LogP contribution in [-0.4, -0.2) is 64.3 Å². The first-order valence-corrected chi connectivity index (χ1v) is 10.5. The molecule has 0 saturated carbocycles. The van der Waals surface area contributed by atoms with Crippen molar-refractivity contribution in [2.45, 2.75) is 18.6 Å². The average molecular weight is 481 g/mol. The van der Waals surface area contributed by atoms with Gasteiger partial charge in [-0.3, -0.25) is 14.3 Å². The molecule has 1 saturated heterocycles. The Balaban J connectivity index is 1.52. The monoisotopic (exact) mass is 480 g/mol.